The highest BCUT2D eigenvalue weighted by atomic mass is 16.6. The van der Waals surface area contributed by atoms with Crippen molar-refractivity contribution in [3.63, 3.8) is 0 Å². The van der Waals surface area contributed by atoms with E-state index in [1.807, 2.05) is 58.2 Å². The van der Waals surface area contributed by atoms with E-state index in [9.17, 15) is 29.1 Å². The highest BCUT2D eigenvalue weighted by Gasteiger charge is 2.45. The molecule has 18 heteroatoms. The van der Waals surface area contributed by atoms with E-state index in [-0.39, 0.29) is 66.9 Å². The Balaban J connectivity index is 1.04. The monoisotopic (exact) mass is 945 g/mol. The molecule has 0 unspecified atom stereocenters. The van der Waals surface area contributed by atoms with Crippen molar-refractivity contribution in [2.45, 2.75) is 90.9 Å². The summed E-state index contributed by atoms with van der Waals surface area (Å²) in [4.78, 5) is 76.0. The maximum atomic E-state index is 14.3. The first-order chi connectivity index (χ1) is 33.1. The molecule has 69 heavy (non-hydrogen) atoms. The normalized spacial score (nSPS) is 19.2. The van der Waals surface area contributed by atoms with Crippen molar-refractivity contribution in [2.24, 2.45) is 16.6 Å². The predicted octanol–water partition coefficient (Wildman–Crippen LogP) is 6.52. The molecule has 3 aromatic rings. The van der Waals surface area contributed by atoms with Gasteiger partial charge in [0.15, 0.2) is 29.2 Å². The molecule has 0 radical (unpaired) electrons. The molecule has 0 bridgehead atoms. The standard InChI is InChI=1S/C51H59N7O11/c1-8-11-32-19-35-25-53-38-23-43(41(65-6)21-36(38)48(61)56(35)26-32)67-17-10-18-68-44-24-39-37(22-42(44)66-7)49(62)57-27-33(12-9-2)20-40(57)50(63)58(39)51(64)69-28-31-13-15-34(16-14-31)55-46(59)30(5)54-47(60)45(52)29(3)4/h8-9,11-16,21-27,29-30,35,40,45,50,63H,10,17-20,28,52H2,1-7H3,(H,54,60)(H,55,59)/b11-8+,12-9+/t30-,35-,40-,45-,50-/m0/s1. The summed E-state index contributed by atoms with van der Waals surface area (Å²) in [6, 6.07) is 10.2. The maximum absolute atomic E-state index is 14.3. The second kappa shape index (κ2) is 21.7. The van der Waals surface area contributed by atoms with E-state index in [1.54, 1.807) is 60.6 Å². The molecule has 0 aromatic heterocycles. The maximum Gasteiger partial charge on any atom is 0.416 e. The highest BCUT2D eigenvalue weighted by molar-refractivity contribution is 6.07. The summed E-state index contributed by atoms with van der Waals surface area (Å²) >= 11 is 0. The van der Waals surface area contributed by atoms with Crippen LogP contribution >= 0.6 is 0 Å². The van der Waals surface area contributed by atoms with Crippen LogP contribution in [0.15, 0.2) is 101 Å². The van der Waals surface area contributed by atoms with Crippen molar-refractivity contribution in [3.8, 4) is 23.0 Å². The lowest BCUT2D eigenvalue weighted by Gasteiger charge is -2.31. The number of fused-ring (bicyclic) bond motifs is 4. The van der Waals surface area contributed by atoms with Crippen molar-refractivity contribution in [2.75, 3.05) is 37.7 Å². The van der Waals surface area contributed by atoms with Gasteiger partial charge in [-0.05, 0) is 80.5 Å². The number of benzene rings is 3. The van der Waals surface area contributed by atoms with Gasteiger partial charge in [-0.3, -0.25) is 24.2 Å². The zero-order valence-electron chi connectivity index (χ0n) is 39.8. The van der Waals surface area contributed by atoms with Gasteiger partial charge in [0.05, 0.1) is 68.1 Å². The third-order valence-electron chi connectivity index (χ3n) is 12.1. The molecule has 0 fully saturated rings. The van der Waals surface area contributed by atoms with Gasteiger partial charge in [-0.15, -0.1) is 0 Å². The molecule has 0 aliphatic carbocycles. The smallest absolute Gasteiger partial charge is 0.416 e. The van der Waals surface area contributed by atoms with Gasteiger partial charge in [0, 0.05) is 42.9 Å². The molecule has 0 saturated heterocycles. The van der Waals surface area contributed by atoms with Crippen LogP contribution < -0.4 is 40.2 Å². The van der Waals surface area contributed by atoms with E-state index in [2.05, 4.69) is 15.6 Å². The molecule has 5 N–H and O–H groups in total. The van der Waals surface area contributed by atoms with Crippen LogP contribution in [0.4, 0.5) is 21.9 Å². The molecular formula is C51H59N7O11. The fourth-order valence-corrected chi connectivity index (χ4v) is 8.28. The first-order valence-electron chi connectivity index (χ1n) is 22.8. The average molecular weight is 946 g/mol. The Bertz CT molecular complexity index is 2620. The predicted molar refractivity (Wildman–Crippen MR) is 259 cm³/mol. The van der Waals surface area contributed by atoms with Crippen LogP contribution in [0.2, 0.25) is 0 Å². The number of nitrogens with one attached hydrogen (secondary N) is 2. The van der Waals surface area contributed by atoms with E-state index in [0.717, 1.165) is 16.0 Å². The minimum absolute atomic E-state index is 0.0485. The number of allylic oxidation sites excluding steroid dienone is 4. The van der Waals surface area contributed by atoms with Crippen molar-refractivity contribution in [3.05, 3.63) is 113 Å². The van der Waals surface area contributed by atoms with E-state index >= 15 is 0 Å². The number of nitrogens with two attached hydrogens (primary N) is 1. The molecule has 7 rings (SSSR count). The second-order valence-corrected chi connectivity index (χ2v) is 17.3. The van der Waals surface area contributed by atoms with Crippen LogP contribution in [0.5, 0.6) is 23.0 Å². The molecule has 4 heterocycles. The number of amides is 5. The number of methoxy groups -OCH3 is 2. The fraction of sp³-hybridized carbons (Fsp3) is 0.373. The lowest BCUT2D eigenvalue weighted by Crippen LogP contribution is -2.50. The molecule has 4 aliphatic rings. The van der Waals surface area contributed by atoms with Crippen LogP contribution in [0, 0.1) is 5.92 Å². The van der Waals surface area contributed by atoms with Crippen LogP contribution in [0.3, 0.4) is 0 Å². The molecule has 3 aromatic carbocycles. The number of carbonyl (C=O) groups is 5. The Morgan fingerprint density at radius 2 is 1.43 bits per heavy atom. The molecular weight excluding hydrogens is 887 g/mol. The van der Waals surface area contributed by atoms with Gasteiger partial charge in [0.2, 0.25) is 11.8 Å². The Labute approximate surface area is 401 Å². The molecule has 18 nitrogen and oxygen atoms in total. The van der Waals surface area contributed by atoms with E-state index in [1.165, 1.54) is 31.3 Å². The third kappa shape index (κ3) is 10.8. The lowest BCUT2D eigenvalue weighted by atomic mass is 10.0. The van der Waals surface area contributed by atoms with Crippen molar-refractivity contribution in [1.29, 1.82) is 0 Å². The van der Waals surface area contributed by atoms with Crippen LogP contribution in [-0.4, -0.2) is 109 Å². The van der Waals surface area contributed by atoms with Gasteiger partial charge in [-0.1, -0.05) is 50.3 Å². The van der Waals surface area contributed by atoms with E-state index in [4.69, 9.17) is 29.4 Å². The quantitative estimate of drug-likeness (QED) is 0.106. The van der Waals surface area contributed by atoms with Gasteiger partial charge >= 0.3 is 6.09 Å². The summed E-state index contributed by atoms with van der Waals surface area (Å²) < 4.78 is 29.4. The van der Waals surface area contributed by atoms with Crippen molar-refractivity contribution in [1.82, 2.24) is 15.1 Å². The van der Waals surface area contributed by atoms with Gasteiger partial charge in [0.1, 0.15) is 12.6 Å². The van der Waals surface area contributed by atoms with Gasteiger partial charge < -0.3 is 55.0 Å². The number of carbonyl (C=O) groups excluding carboxylic acids is 5. The summed E-state index contributed by atoms with van der Waals surface area (Å²) in [5.41, 5.74) is 9.72. The molecule has 4 aliphatic heterocycles. The number of anilines is 2. The zero-order chi connectivity index (χ0) is 49.5. The minimum atomic E-state index is -1.54. The van der Waals surface area contributed by atoms with E-state index < -0.39 is 48.2 Å². The number of hydrogen-bond donors (Lipinski definition) is 4. The van der Waals surface area contributed by atoms with Gasteiger partial charge in [-0.25, -0.2) is 9.69 Å². The summed E-state index contributed by atoms with van der Waals surface area (Å²) in [6.07, 6.45) is 11.7. The molecule has 5 amide bonds. The first-order valence-corrected chi connectivity index (χ1v) is 22.8. The molecule has 364 valence electrons. The number of aliphatic imine (C=N–C) groups is 1. The Hall–Kier alpha value is -7.44. The number of ether oxygens (including phenoxy) is 5. The Morgan fingerprint density at radius 3 is 2.07 bits per heavy atom. The SMILES string of the molecule is C/C=C/C1=CN2C(=O)c3cc(OC)c(OCCCOc4cc5c(cc4OC)C(=O)N4C=C(/C=C/C)C[C@H]4[C@H](O)N5C(=O)OCc4ccc(NC(=O)[C@H](C)NC(=O)[C@@H](N)C(C)C)cc4)cc3N=C[C@@H]2C1. The fourth-order valence-electron chi connectivity index (χ4n) is 8.28. The Kier molecular flexibility index (Phi) is 15.5. The Morgan fingerprint density at radius 1 is 0.826 bits per heavy atom. The number of hydrogen-bond acceptors (Lipinski definition) is 13. The number of nitrogens with zero attached hydrogens (tertiary/aromatic N) is 4. The number of aliphatic hydroxyl groups excluding tert-OH is 1. The van der Waals surface area contributed by atoms with Crippen molar-refractivity contribution >= 4 is 53.0 Å². The summed E-state index contributed by atoms with van der Waals surface area (Å²) in [5.74, 6) is -0.460. The van der Waals surface area contributed by atoms with Crippen LogP contribution in [0.25, 0.3) is 0 Å². The number of rotatable bonds is 17. The largest absolute Gasteiger partial charge is 0.493 e. The molecule has 5 atom stereocenters. The summed E-state index contributed by atoms with van der Waals surface area (Å²) in [5, 5.41) is 17.3. The van der Waals surface area contributed by atoms with Gasteiger partial charge in [0.25, 0.3) is 11.8 Å². The van der Waals surface area contributed by atoms with E-state index in [0.29, 0.717) is 46.8 Å². The first kappa shape index (κ1) is 49.5. The molecule has 0 saturated carbocycles. The number of aliphatic hydroxyl groups is 1. The van der Waals surface area contributed by atoms with Gasteiger partial charge in [-0.2, -0.15) is 0 Å². The zero-order valence-corrected chi connectivity index (χ0v) is 39.8. The summed E-state index contributed by atoms with van der Waals surface area (Å²) in [6.45, 7) is 9.02. The average Bonchev–Trinajstić information content (AvgIpc) is 3.91. The molecule has 0 spiro atoms. The van der Waals surface area contributed by atoms with Crippen LogP contribution in [-0.2, 0) is 20.9 Å². The minimum Gasteiger partial charge on any atom is -0.493 e. The third-order valence-corrected chi connectivity index (χ3v) is 12.1. The van der Waals surface area contributed by atoms with Crippen LogP contribution in [0.1, 0.15) is 80.2 Å². The lowest BCUT2D eigenvalue weighted by molar-refractivity contribution is -0.127. The topological polar surface area (TPSA) is 224 Å². The summed E-state index contributed by atoms with van der Waals surface area (Å²) in [7, 11) is 2.93. The second-order valence-electron chi connectivity index (χ2n) is 17.3. The highest BCUT2D eigenvalue weighted by Crippen LogP contribution is 2.43. The van der Waals surface area contributed by atoms with Crippen molar-refractivity contribution < 1.29 is 52.8 Å².